The molecular formula is C20H15N5O. The summed E-state index contributed by atoms with van der Waals surface area (Å²) in [5, 5.41) is 29.5. The van der Waals surface area contributed by atoms with Crippen molar-refractivity contribution in [1.82, 2.24) is 0 Å². The third kappa shape index (κ3) is 4.06. The number of carbonyl (C=O) groups excluding carboxylic acids is 1. The summed E-state index contributed by atoms with van der Waals surface area (Å²) in [5.74, 6) is -0.143. The standard InChI is InChI=1S/C20H15N5O/c1-2-25(18-6-4-3-5-7-18)20(26)15-8-10-17(11-9-15)24-19(14-23)16(12-21)13-22/h3-11,24H,2H2,1H3. The second kappa shape index (κ2) is 8.68. The maximum absolute atomic E-state index is 12.7. The Labute approximate surface area is 151 Å². The van der Waals surface area contributed by atoms with Crippen LogP contribution < -0.4 is 10.2 Å². The van der Waals surface area contributed by atoms with Gasteiger partial charge in [0.25, 0.3) is 5.91 Å². The number of hydrogen-bond acceptors (Lipinski definition) is 5. The van der Waals surface area contributed by atoms with E-state index in [0.717, 1.165) is 5.69 Å². The maximum atomic E-state index is 12.7. The van der Waals surface area contributed by atoms with Gasteiger partial charge in [0.15, 0.2) is 5.57 Å². The number of amides is 1. The van der Waals surface area contributed by atoms with Gasteiger partial charge < -0.3 is 10.2 Å². The van der Waals surface area contributed by atoms with Gasteiger partial charge >= 0.3 is 0 Å². The Kier molecular flexibility index (Phi) is 6.10. The zero-order valence-corrected chi connectivity index (χ0v) is 14.1. The number of allylic oxidation sites excluding steroid dienone is 2. The molecule has 0 atom stereocenters. The van der Waals surface area contributed by atoms with Crippen LogP contribution in [0.5, 0.6) is 0 Å². The first-order valence-corrected chi connectivity index (χ1v) is 7.83. The Morgan fingerprint density at radius 2 is 1.58 bits per heavy atom. The van der Waals surface area contributed by atoms with Crippen LogP contribution in [0.4, 0.5) is 11.4 Å². The molecule has 126 valence electrons. The molecule has 0 fully saturated rings. The molecule has 0 bridgehead atoms. The minimum atomic E-state index is -0.297. The first-order valence-electron chi connectivity index (χ1n) is 7.83. The monoisotopic (exact) mass is 341 g/mol. The van der Waals surface area contributed by atoms with Crippen molar-refractivity contribution in [2.75, 3.05) is 16.8 Å². The zero-order valence-electron chi connectivity index (χ0n) is 14.1. The number of rotatable bonds is 5. The van der Waals surface area contributed by atoms with Gasteiger partial charge in [0.2, 0.25) is 0 Å². The van der Waals surface area contributed by atoms with Crippen LogP contribution >= 0.6 is 0 Å². The predicted molar refractivity (Wildman–Crippen MR) is 97.7 cm³/mol. The highest BCUT2D eigenvalue weighted by Crippen LogP contribution is 2.19. The molecule has 6 nitrogen and oxygen atoms in total. The molecule has 2 rings (SSSR count). The van der Waals surface area contributed by atoms with Gasteiger partial charge in [-0.25, -0.2) is 0 Å². The quantitative estimate of drug-likeness (QED) is 0.837. The number of nitriles is 3. The van der Waals surface area contributed by atoms with Gasteiger partial charge in [0, 0.05) is 23.5 Å². The Balaban J connectivity index is 2.23. The smallest absolute Gasteiger partial charge is 0.258 e. The molecule has 1 N–H and O–H groups in total. The molecule has 26 heavy (non-hydrogen) atoms. The molecule has 0 aliphatic heterocycles. The number of nitrogens with zero attached hydrogens (tertiary/aromatic N) is 4. The van der Waals surface area contributed by atoms with E-state index in [1.54, 1.807) is 47.4 Å². The van der Waals surface area contributed by atoms with Gasteiger partial charge in [-0.05, 0) is 43.3 Å². The fraction of sp³-hybridized carbons (Fsp3) is 0.100. The van der Waals surface area contributed by atoms with Gasteiger partial charge in [-0.1, -0.05) is 18.2 Å². The van der Waals surface area contributed by atoms with Crippen LogP contribution in [0, 0.1) is 34.0 Å². The van der Waals surface area contributed by atoms with Crippen LogP contribution in [0.3, 0.4) is 0 Å². The van der Waals surface area contributed by atoms with Crippen LogP contribution in [-0.4, -0.2) is 12.5 Å². The molecule has 2 aromatic carbocycles. The number of carbonyl (C=O) groups is 1. The summed E-state index contributed by atoms with van der Waals surface area (Å²) in [7, 11) is 0. The summed E-state index contributed by atoms with van der Waals surface area (Å²) in [4.78, 5) is 14.4. The number of para-hydroxylation sites is 1. The number of nitrogens with one attached hydrogen (secondary N) is 1. The average Bonchev–Trinajstić information content (AvgIpc) is 2.70. The second-order valence-corrected chi connectivity index (χ2v) is 5.17. The Bertz CT molecular complexity index is 925. The Morgan fingerprint density at radius 3 is 2.08 bits per heavy atom. The number of benzene rings is 2. The molecule has 0 spiro atoms. The van der Waals surface area contributed by atoms with Crippen LogP contribution in [0.25, 0.3) is 0 Å². The van der Waals surface area contributed by atoms with Crippen molar-refractivity contribution < 1.29 is 4.79 Å². The molecule has 0 aliphatic rings. The van der Waals surface area contributed by atoms with Gasteiger partial charge in [-0.2, -0.15) is 15.8 Å². The van der Waals surface area contributed by atoms with Crippen LogP contribution in [0.15, 0.2) is 65.9 Å². The van der Waals surface area contributed by atoms with Crippen molar-refractivity contribution in [3.8, 4) is 18.2 Å². The first-order chi connectivity index (χ1) is 12.6. The van der Waals surface area contributed by atoms with Crippen molar-refractivity contribution in [1.29, 1.82) is 15.8 Å². The van der Waals surface area contributed by atoms with E-state index in [1.165, 1.54) is 0 Å². The van der Waals surface area contributed by atoms with Crippen molar-refractivity contribution in [3.05, 3.63) is 71.4 Å². The highest BCUT2D eigenvalue weighted by Gasteiger charge is 2.16. The predicted octanol–water partition coefficient (Wildman–Crippen LogP) is 3.59. The Morgan fingerprint density at radius 1 is 0.962 bits per heavy atom. The fourth-order valence-electron chi connectivity index (χ4n) is 2.33. The lowest BCUT2D eigenvalue weighted by atomic mass is 10.1. The minimum absolute atomic E-state index is 0.131. The highest BCUT2D eigenvalue weighted by atomic mass is 16.2. The van der Waals surface area contributed by atoms with Gasteiger partial charge in [0.1, 0.15) is 23.9 Å². The van der Waals surface area contributed by atoms with E-state index in [1.807, 2.05) is 37.3 Å². The summed E-state index contributed by atoms with van der Waals surface area (Å²) in [6, 6.07) is 21.0. The lowest BCUT2D eigenvalue weighted by Gasteiger charge is -2.21. The molecule has 0 saturated heterocycles. The third-order valence-electron chi connectivity index (χ3n) is 3.62. The van der Waals surface area contributed by atoms with Crippen molar-refractivity contribution in [2.45, 2.75) is 6.92 Å². The highest BCUT2D eigenvalue weighted by molar-refractivity contribution is 6.06. The SMILES string of the molecule is CCN(C(=O)c1ccc(NC(C#N)=C(C#N)C#N)cc1)c1ccccc1. The molecule has 0 unspecified atom stereocenters. The summed E-state index contributed by atoms with van der Waals surface area (Å²) in [6.45, 7) is 2.42. The lowest BCUT2D eigenvalue weighted by molar-refractivity contribution is 0.0988. The van der Waals surface area contributed by atoms with E-state index in [0.29, 0.717) is 17.8 Å². The van der Waals surface area contributed by atoms with Crippen molar-refractivity contribution in [3.63, 3.8) is 0 Å². The summed E-state index contributed by atoms with van der Waals surface area (Å²) in [6.07, 6.45) is 0. The van der Waals surface area contributed by atoms with Crippen molar-refractivity contribution >= 4 is 17.3 Å². The first kappa shape index (κ1) is 18.3. The van der Waals surface area contributed by atoms with Gasteiger partial charge in [-0.3, -0.25) is 4.79 Å². The molecule has 0 aromatic heterocycles. The molecular weight excluding hydrogens is 326 g/mol. The van der Waals surface area contributed by atoms with E-state index < -0.39 is 0 Å². The summed E-state index contributed by atoms with van der Waals surface area (Å²) < 4.78 is 0. The van der Waals surface area contributed by atoms with Gasteiger partial charge in [-0.15, -0.1) is 0 Å². The van der Waals surface area contributed by atoms with E-state index in [4.69, 9.17) is 15.8 Å². The molecule has 6 heteroatoms. The summed E-state index contributed by atoms with van der Waals surface area (Å²) in [5.41, 5.74) is 1.38. The second-order valence-electron chi connectivity index (χ2n) is 5.17. The van der Waals surface area contributed by atoms with Crippen molar-refractivity contribution in [2.24, 2.45) is 0 Å². The van der Waals surface area contributed by atoms with E-state index in [2.05, 4.69) is 5.32 Å². The number of anilines is 2. The van der Waals surface area contributed by atoms with Crippen LogP contribution in [0.1, 0.15) is 17.3 Å². The number of hydrogen-bond donors (Lipinski definition) is 1. The largest absolute Gasteiger partial charge is 0.345 e. The van der Waals surface area contributed by atoms with Crippen LogP contribution in [0.2, 0.25) is 0 Å². The normalized spacial score (nSPS) is 9.15. The molecule has 1 amide bonds. The van der Waals surface area contributed by atoms with E-state index >= 15 is 0 Å². The fourth-order valence-corrected chi connectivity index (χ4v) is 2.33. The molecule has 0 heterocycles. The van der Waals surface area contributed by atoms with Crippen LogP contribution in [-0.2, 0) is 0 Å². The molecule has 0 aliphatic carbocycles. The zero-order chi connectivity index (χ0) is 18.9. The summed E-state index contributed by atoms with van der Waals surface area (Å²) >= 11 is 0. The topological polar surface area (TPSA) is 104 Å². The van der Waals surface area contributed by atoms with E-state index in [-0.39, 0.29) is 17.2 Å². The maximum Gasteiger partial charge on any atom is 0.258 e. The average molecular weight is 341 g/mol. The molecule has 0 saturated carbocycles. The van der Waals surface area contributed by atoms with Gasteiger partial charge in [0.05, 0.1) is 0 Å². The lowest BCUT2D eigenvalue weighted by Crippen LogP contribution is -2.30. The molecule has 0 radical (unpaired) electrons. The third-order valence-corrected chi connectivity index (χ3v) is 3.62. The van der Waals surface area contributed by atoms with E-state index in [9.17, 15) is 4.79 Å². The molecule has 2 aromatic rings. The Hall–Kier alpha value is -4.08. The minimum Gasteiger partial charge on any atom is -0.345 e.